The molecule has 0 unspecified atom stereocenters. The number of carbonyl (C=O) groups excluding carboxylic acids is 1. The lowest BCUT2D eigenvalue weighted by molar-refractivity contribution is 0.0521. The fourth-order valence-corrected chi connectivity index (χ4v) is 2.71. The molecule has 112 valence electrons. The van der Waals surface area contributed by atoms with E-state index < -0.39 is 5.97 Å². The van der Waals surface area contributed by atoms with Crippen LogP contribution in [0.2, 0.25) is 5.02 Å². The highest BCUT2D eigenvalue weighted by molar-refractivity contribution is 9.10. The van der Waals surface area contributed by atoms with Crippen molar-refractivity contribution in [3.63, 3.8) is 0 Å². The number of carbonyl (C=O) groups is 1. The summed E-state index contributed by atoms with van der Waals surface area (Å²) in [5, 5.41) is 1.31. The lowest BCUT2D eigenvalue weighted by Crippen LogP contribution is -2.07. The summed E-state index contributed by atoms with van der Waals surface area (Å²) in [6.45, 7) is 2.04. The molecule has 0 saturated heterocycles. The molecule has 0 spiro atoms. The highest BCUT2D eigenvalue weighted by atomic mass is 79.9. The molecule has 0 atom stereocenters. The molecule has 0 aliphatic rings. The van der Waals surface area contributed by atoms with Gasteiger partial charge < -0.3 is 9.72 Å². The Morgan fingerprint density at radius 2 is 2.09 bits per heavy atom. The summed E-state index contributed by atoms with van der Waals surface area (Å²) in [5.74, 6) is -0.0106. The van der Waals surface area contributed by atoms with Crippen LogP contribution in [0, 0.1) is 0 Å². The summed E-state index contributed by atoms with van der Waals surface area (Å²) in [6, 6.07) is 5.30. The number of rotatable bonds is 3. The predicted molar refractivity (Wildman–Crippen MR) is 88.0 cm³/mol. The topological polar surface area (TPSA) is 67.9 Å². The van der Waals surface area contributed by atoms with Crippen LogP contribution in [-0.2, 0) is 4.74 Å². The lowest BCUT2D eigenvalue weighted by atomic mass is 10.1. The molecule has 5 nitrogen and oxygen atoms in total. The quantitative estimate of drug-likeness (QED) is 0.691. The number of benzene rings is 1. The highest BCUT2D eigenvalue weighted by Gasteiger charge is 2.22. The van der Waals surface area contributed by atoms with Crippen molar-refractivity contribution in [2.24, 2.45) is 0 Å². The second-order valence-corrected chi connectivity index (χ2v) is 5.74. The standard InChI is InChI=1S/C15H11BrClN3O2/c1-2-22-15(21)13-12(14-18-4-3-5-19-14)8-6-10(17)9(16)7-11(8)20-13/h3-7,20H,2H2,1H3. The van der Waals surface area contributed by atoms with Crippen molar-refractivity contribution in [1.29, 1.82) is 0 Å². The fourth-order valence-electron chi connectivity index (χ4n) is 2.21. The summed E-state index contributed by atoms with van der Waals surface area (Å²) in [7, 11) is 0. The Kier molecular flexibility index (Phi) is 4.13. The Balaban J connectivity index is 2.32. The van der Waals surface area contributed by atoms with Crippen LogP contribution in [0.4, 0.5) is 0 Å². The maximum Gasteiger partial charge on any atom is 0.355 e. The van der Waals surface area contributed by atoms with E-state index in [4.69, 9.17) is 16.3 Å². The van der Waals surface area contributed by atoms with Crippen molar-refractivity contribution < 1.29 is 9.53 Å². The highest BCUT2D eigenvalue weighted by Crippen LogP contribution is 2.35. The molecule has 0 saturated carbocycles. The van der Waals surface area contributed by atoms with Crippen molar-refractivity contribution in [2.75, 3.05) is 6.61 Å². The number of nitrogens with one attached hydrogen (secondary N) is 1. The molecule has 0 aliphatic heterocycles. The largest absolute Gasteiger partial charge is 0.461 e. The van der Waals surface area contributed by atoms with Gasteiger partial charge in [0.2, 0.25) is 0 Å². The van der Waals surface area contributed by atoms with Gasteiger partial charge in [0.05, 0.1) is 17.2 Å². The predicted octanol–water partition coefficient (Wildman–Crippen LogP) is 4.22. The number of aromatic nitrogens is 3. The molecule has 3 aromatic rings. The minimum Gasteiger partial charge on any atom is -0.461 e. The van der Waals surface area contributed by atoms with Gasteiger partial charge in [0.25, 0.3) is 0 Å². The van der Waals surface area contributed by atoms with Crippen molar-refractivity contribution in [1.82, 2.24) is 15.0 Å². The first-order chi connectivity index (χ1) is 10.6. The number of halogens is 2. The van der Waals surface area contributed by atoms with Crippen molar-refractivity contribution >= 4 is 44.4 Å². The van der Waals surface area contributed by atoms with E-state index in [0.29, 0.717) is 22.1 Å². The Labute approximate surface area is 139 Å². The van der Waals surface area contributed by atoms with Gasteiger partial charge in [-0.3, -0.25) is 0 Å². The van der Waals surface area contributed by atoms with Gasteiger partial charge in [-0.2, -0.15) is 0 Å². The summed E-state index contributed by atoms with van der Waals surface area (Å²) < 4.78 is 5.84. The normalized spacial score (nSPS) is 10.9. The van der Waals surface area contributed by atoms with Crippen LogP contribution in [0.1, 0.15) is 17.4 Å². The van der Waals surface area contributed by atoms with E-state index >= 15 is 0 Å². The smallest absolute Gasteiger partial charge is 0.355 e. The van der Waals surface area contributed by atoms with Crippen molar-refractivity contribution in [3.05, 3.63) is 45.8 Å². The zero-order chi connectivity index (χ0) is 15.7. The van der Waals surface area contributed by atoms with E-state index in [0.717, 1.165) is 15.4 Å². The molecule has 7 heteroatoms. The number of esters is 1. The molecule has 0 aliphatic carbocycles. The van der Waals surface area contributed by atoms with Gasteiger partial charge in [0, 0.05) is 27.8 Å². The van der Waals surface area contributed by atoms with Crippen LogP contribution in [0.25, 0.3) is 22.3 Å². The number of ether oxygens (including phenoxy) is 1. The SMILES string of the molecule is CCOC(=O)c1[nH]c2cc(Br)c(Cl)cc2c1-c1ncccn1. The number of hydrogen-bond acceptors (Lipinski definition) is 4. The third kappa shape index (κ3) is 2.60. The minimum absolute atomic E-state index is 0.285. The van der Waals surface area contributed by atoms with Gasteiger partial charge >= 0.3 is 5.97 Å². The van der Waals surface area contributed by atoms with Crippen molar-refractivity contribution in [2.45, 2.75) is 6.92 Å². The second-order valence-electron chi connectivity index (χ2n) is 4.48. The molecule has 0 amide bonds. The molecular formula is C15H11BrClN3O2. The zero-order valence-electron chi connectivity index (χ0n) is 11.6. The summed E-state index contributed by atoms with van der Waals surface area (Å²) in [4.78, 5) is 23.8. The molecule has 22 heavy (non-hydrogen) atoms. The van der Waals surface area contributed by atoms with E-state index in [9.17, 15) is 4.79 Å². The maximum absolute atomic E-state index is 12.2. The number of hydrogen-bond donors (Lipinski definition) is 1. The van der Waals surface area contributed by atoms with E-state index in [2.05, 4.69) is 30.9 Å². The second kappa shape index (κ2) is 6.06. The van der Waals surface area contributed by atoms with Gasteiger partial charge in [0.1, 0.15) is 5.69 Å². The van der Waals surface area contributed by atoms with Gasteiger partial charge in [0.15, 0.2) is 5.82 Å². The molecule has 0 radical (unpaired) electrons. The summed E-state index contributed by atoms with van der Waals surface area (Å²) >= 11 is 9.55. The van der Waals surface area contributed by atoms with Gasteiger partial charge in [-0.15, -0.1) is 0 Å². The Morgan fingerprint density at radius 3 is 2.77 bits per heavy atom. The first-order valence-corrected chi connectivity index (χ1v) is 7.74. The molecule has 3 rings (SSSR count). The van der Waals surface area contributed by atoms with Crippen LogP contribution < -0.4 is 0 Å². The zero-order valence-corrected chi connectivity index (χ0v) is 13.9. The first kappa shape index (κ1) is 15.0. The fraction of sp³-hybridized carbons (Fsp3) is 0.133. The minimum atomic E-state index is -0.451. The molecule has 0 fully saturated rings. The Morgan fingerprint density at radius 1 is 1.36 bits per heavy atom. The summed E-state index contributed by atoms with van der Waals surface area (Å²) in [6.07, 6.45) is 3.24. The van der Waals surface area contributed by atoms with Gasteiger partial charge in [-0.1, -0.05) is 11.6 Å². The average molecular weight is 381 g/mol. The molecule has 2 heterocycles. The summed E-state index contributed by atoms with van der Waals surface area (Å²) in [5.41, 5.74) is 1.66. The van der Waals surface area contributed by atoms with E-state index in [1.54, 1.807) is 31.5 Å². The van der Waals surface area contributed by atoms with Crippen LogP contribution in [-0.4, -0.2) is 27.5 Å². The molecule has 0 bridgehead atoms. The number of aromatic amines is 1. The molecular weight excluding hydrogens is 370 g/mol. The first-order valence-electron chi connectivity index (χ1n) is 6.57. The van der Waals surface area contributed by atoms with Crippen molar-refractivity contribution in [3.8, 4) is 11.4 Å². The molecule has 1 N–H and O–H groups in total. The van der Waals surface area contributed by atoms with Crippen LogP contribution in [0.15, 0.2) is 35.1 Å². The number of H-pyrrole nitrogens is 1. The van der Waals surface area contributed by atoms with Gasteiger partial charge in [-0.05, 0) is 41.1 Å². The third-order valence-corrected chi connectivity index (χ3v) is 4.31. The Hall–Kier alpha value is -1.92. The van der Waals surface area contributed by atoms with E-state index in [-0.39, 0.29) is 6.61 Å². The average Bonchev–Trinajstić information content (AvgIpc) is 2.87. The number of fused-ring (bicyclic) bond motifs is 1. The van der Waals surface area contributed by atoms with E-state index in [1.165, 1.54) is 0 Å². The van der Waals surface area contributed by atoms with E-state index in [1.807, 2.05) is 6.07 Å². The molecule has 1 aromatic carbocycles. The van der Waals surface area contributed by atoms with Crippen LogP contribution in [0.5, 0.6) is 0 Å². The monoisotopic (exact) mass is 379 g/mol. The van der Waals surface area contributed by atoms with Gasteiger partial charge in [-0.25, -0.2) is 14.8 Å². The van der Waals surface area contributed by atoms with Crippen LogP contribution >= 0.6 is 27.5 Å². The number of nitrogens with zero attached hydrogens (tertiary/aromatic N) is 2. The third-order valence-electron chi connectivity index (χ3n) is 3.11. The Bertz CT molecular complexity index is 849. The van der Waals surface area contributed by atoms with Crippen LogP contribution in [0.3, 0.4) is 0 Å². The maximum atomic E-state index is 12.2. The lowest BCUT2D eigenvalue weighted by Gasteiger charge is -2.03. The molecule has 2 aromatic heterocycles.